The zero-order valence-electron chi connectivity index (χ0n) is 11.3. The molecule has 0 atom stereocenters. The lowest BCUT2D eigenvalue weighted by molar-refractivity contribution is 0.0257. The first kappa shape index (κ1) is 14.2. The molecule has 110 valence electrons. The van der Waals surface area contributed by atoms with Crippen molar-refractivity contribution >= 4 is 21.6 Å². The van der Waals surface area contributed by atoms with Crippen LogP contribution in [0.1, 0.15) is 25.0 Å². The van der Waals surface area contributed by atoms with E-state index in [9.17, 15) is 8.78 Å². The largest absolute Gasteiger partial charge is 0.364 e. The molecule has 0 aromatic carbocycles. The lowest BCUT2D eigenvalue weighted by Crippen LogP contribution is -2.27. The molecular weight excluding hydrogens is 328 g/mol. The Bertz CT molecular complexity index is 489. The summed E-state index contributed by atoms with van der Waals surface area (Å²) in [5, 5.41) is 0. The van der Waals surface area contributed by atoms with Crippen LogP contribution in [0.4, 0.5) is 14.5 Å². The second kappa shape index (κ2) is 5.56. The van der Waals surface area contributed by atoms with Gasteiger partial charge in [0.05, 0.1) is 17.9 Å². The molecule has 20 heavy (non-hydrogen) atoms. The predicted molar refractivity (Wildman–Crippen MR) is 78.2 cm³/mol. The van der Waals surface area contributed by atoms with Crippen LogP contribution in [0.15, 0.2) is 16.7 Å². The van der Waals surface area contributed by atoms with Crippen molar-refractivity contribution in [3.05, 3.63) is 22.4 Å². The maximum absolute atomic E-state index is 13.4. The van der Waals surface area contributed by atoms with Gasteiger partial charge in [0.2, 0.25) is 0 Å². The Morgan fingerprint density at radius 1 is 1.20 bits per heavy atom. The summed E-state index contributed by atoms with van der Waals surface area (Å²) in [5.41, 5.74) is 1.76. The smallest absolute Gasteiger partial charge is 0.266 e. The van der Waals surface area contributed by atoms with E-state index < -0.39 is 5.92 Å². The molecule has 2 fully saturated rings. The zero-order valence-corrected chi connectivity index (χ0v) is 12.9. The molecule has 3 rings (SSSR count). The number of hydrogen-bond donors (Lipinski definition) is 0. The van der Waals surface area contributed by atoms with Gasteiger partial charge in [0.1, 0.15) is 4.60 Å². The second-order valence-electron chi connectivity index (χ2n) is 5.61. The Morgan fingerprint density at radius 2 is 1.95 bits per heavy atom. The van der Waals surface area contributed by atoms with Crippen LogP contribution in [0.25, 0.3) is 0 Å². The van der Waals surface area contributed by atoms with Crippen molar-refractivity contribution in [2.75, 3.05) is 31.1 Å². The van der Waals surface area contributed by atoms with E-state index in [0.29, 0.717) is 6.54 Å². The van der Waals surface area contributed by atoms with E-state index in [1.54, 1.807) is 4.90 Å². The third kappa shape index (κ3) is 3.11. The van der Waals surface area contributed by atoms with Crippen LogP contribution in [0.5, 0.6) is 0 Å². The van der Waals surface area contributed by atoms with Crippen LogP contribution in [0.3, 0.4) is 0 Å². The van der Waals surface area contributed by atoms with E-state index in [1.165, 1.54) is 12.8 Å². The van der Waals surface area contributed by atoms with Crippen molar-refractivity contribution < 1.29 is 8.78 Å². The summed E-state index contributed by atoms with van der Waals surface area (Å²) in [6.45, 7) is 3.11. The molecule has 3 nitrogen and oxygen atoms in total. The highest BCUT2D eigenvalue weighted by Crippen LogP contribution is 2.33. The maximum Gasteiger partial charge on any atom is 0.266 e. The lowest BCUT2D eigenvalue weighted by atomic mass is 10.2. The highest BCUT2D eigenvalue weighted by Gasteiger charge is 2.39. The summed E-state index contributed by atoms with van der Waals surface area (Å²) in [6.07, 6.45) is 2.36. The molecule has 0 saturated carbocycles. The SMILES string of the molecule is FC1(F)CCN(c2ccc(Br)nc2CN2CCCC2)C1. The average Bonchev–Trinajstić information content (AvgIpc) is 2.99. The van der Waals surface area contributed by atoms with E-state index >= 15 is 0 Å². The molecule has 1 aromatic heterocycles. The summed E-state index contributed by atoms with van der Waals surface area (Å²) in [6, 6.07) is 3.74. The van der Waals surface area contributed by atoms with Gasteiger partial charge >= 0.3 is 0 Å². The molecule has 0 N–H and O–H groups in total. The lowest BCUT2D eigenvalue weighted by Gasteiger charge is -2.23. The van der Waals surface area contributed by atoms with Crippen molar-refractivity contribution in [2.45, 2.75) is 31.7 Å². The zero-order chi connectivity index (χ0) is 14.2. The molecule has 3 heterocycles. The molecule has 0 spiro atoms. The van der Waals surface area contributed by atoms with Gasteiger partial charge < -0.3 is 4.90 Å². The molecule has 6 heteroatoms. The highest BCUT2D eigenvalue weighted by molar-refractivity contribution is 9.10. The van der Waals surface area contributed by atoms with Gasteiger partial charge in [0.25, 0.3) is 5.92 Å². The molecule has 0 unspecified atom stereocenters. The fraction of sp³-hybridized carbons (Fsp3) is 0.643. The first-order valence-electron chi connectivity index (χ1n) is 7.04. The standard InChI is InChI=1S/C14H18BrF2N3/c15-13-4-3-12(20-8-5-14(16,17)10-20)11(18-13)9-19-6-1-2-7-19/h3-4H,1-2,5-10H2. The third-order valence-corrected chi connectivity index (χ3v) is 4.44. The van der Waals surface area contributed by atoms with Gasteiger partial charge in [-0.25, -0.2) is 13.8 Å². The van der Waals surface area contributed by atoms with Crippen LogP contribution in [-0.4, -0.2) is 42.0 Å². The number of nitrogens with zero attached hydrogens (tertiary/aromatic N) is 3. The van der Waals surface area contributed by atoms with Crippen LogP contribution >= 0.6 is 15.9 Å². The summed E-state index contributed by atoms with van der Waals surface area (Å²) < 4.78 is 27.6. The Hall–Kier alpha value is -0.750. The van der Waals surface area contributed by atoms with Gasteiger partial charge in [0, 0.05) is 19.5 Å². The molecular formula is C14H18BrF2N3. The van der Waals surface area contributed by atoms with Gasteiger partial charge in [-0.15, -0.1) is 0 Å². The summed E-state index contributed by atoms with van der Waals surface area (Å²) in [4.78, 5) is 8.63. The van der Waals surface area contributed by atoms with Crippen LogP contribution < -0.4 is 4.90 Å². The number of aromatic nitrogens is 1. The minimum Gasteiger partial charge on any atom is -0.364 e. The van der Waals surface area contributed by atoms with E-state index in [2.05, 4.69) is 25.8 Å². The Labute approximate surface area is 126 Å². The number of halogens is 3. The summed E-state index contributed by atoms with van der Waals surface area (Å²) in [5.74, 6) is -2.57. The van der Waals surface area contributed by atoms with Gasteiger partial charge in [0.15, 0.2) is 0 Å². The third-order valence-electron chi connectivity index (χ3n) is 4.00. The van der Waals surface area contributed by atoms with E-state index in [1.807, 2.05) is 12.1 Å². The first-order valence-corrected chi connectivity index (χ1v) is 7.83. The van der Waals surface area contributed by atoms with Crippen LogP contribution in [0, 0.1) is 0 Å². The van der Waals surface area contributed by atoms with Crippen LogP contribution in [-0.2, 0) is 6.54 Å². The van der Waals surface area contributed by atoms with E-state index in [-0.39, 0.29) is 13.0 Å². The molecule has 2 aliphatic rings. The normalized spacial score (nSPS) is 22.6. The van der Waals surface area contributed by atoms with Crippen molar-refractivity contribution in [1.29, 1.82) is 0 Å². The highest BCUT2D eigenvalue weighted by atomic mass is 79.9. The van der Waals surface area contributed by atoms with Crippen molar-refractivity contribution in [3.63, 3.8) is 0 Å². The molecule has 2 saturated heterocycles. The number of likely N-dealkylation sites (tertiary alicyclic amines) is 1. The minimum atomic E-state index is -2.57. The van der Waals surface area contributed by atoms with Gasteiger partial charge in [-0.3, -0.25) is 4.90 Å². The fourth-order valence-corrected chi connectivity index (χ4v) is 3.31. The van der Waals surface area contributed by atoms with Gasteiger partial charge in [-0.05, 0) is 54.0 Å². The van der Waals surface area contributed by atoms with Crippen molar-refractivity contribution in [2.24, 2.45) is 0 Å². The summed E-state index contributed by atoms with van der Waals surface area (Å²) >= 11 is 3.38. The number of pyridine rings is 1. The topological polar surface area (TPSA) is 19.4 Å². The minimum absolute atomic E-state index is 0.0633. The fourth-order valence-electron chi connectivity index (χ4n) is 2.97. The molecule has 1 aromatic rings. The van der Waals surface area contributed by atoms with Gasteiger partial charge in [-0.2, -0.15) is 0 Å². The van der Waals surface area contributed by atoms with Crippen LogP contribution in [0.2, 0.25) is 0 Å². The van der Waals surface area contributed by atoms with Crippen molar-refractivity contribution in [1.82, 2.24) is 9.88 Å². The average molecular weight is 346 g/mol. The van der Waals surface area contributed by atoms with E-state index in [4.69, 9.17) is 0 Å². The molecule has 0 amide bonds. The van der Waals surface area contributed by atoms with Crippen molar-refractivity contribution in [3.8, 4) is 0 Å². The van der Waals surface area contributed by atoms with Gasteiger partial charge in [-0.1, -0.05) is 0 Å². The first-order chi connectivity index (χ1) is 9.53. The molecule has 0 radical (unpaired) electrons. The Kier molecular flexibility index (Phi) is 3.95. The molecule has 2 aliphatic heterocycles. The Morgan fingerprint density at radius 3 is 2.60 bits per heavy atom. The second-order valence-corrected chi connectivity index (χ2v) is 6.42. The maximum atomic E-state index is 13.4. The quantitative estimate of drug-likeness (QED) is 0.783. The number of hydrogen-bond acceptors (Lipinski definition) is 3. The monoisotopic (exact) mass is 345 g/mol. The molecule has 0 bridgehead atoms. The Balaban J connectivity index is 1.82. The number of alkyl halides is 2. The molecule has 0 aliphatic carbocycles. The van der Waals surface area contributed by atoms with E-state index in [0.717, 1.165) is 35.6 Å². The number of anilines is 1. The summed E-state index contributed by atoms with van der Waals surface area (Å²) in [7, 11) is 0. The number of rotatable bonds is 3. The predicted octanol–water partition coefficient (Wildman–Crippen LogP) is 3.29.